The fourth-order valence-electron chi connectivity index (χ4n) is 4.73. The van der Waals surface area contributed by atoms with E-state index in [9.17, 15) is 18.0 Å². The molecule has 4 nitrogen and oxygen atoms in total. The maximum Gasteiger partial charge on any atom is 0.416 e. The first-order valence-corrected chi connectivity index (χ1v) is 11.4. The number of aromatic nitrogens is 1. The van der Waals surface area contributed by atoms with E-state index in [-0.39, 0.29) is 18.1 Å². The van der Waals surface area contributed by atoms with Crippen LogP contribution in [0, 0.1) is 0 Å². The van der Waals surface area contributed by atoms with Crippen LogP contribution < -0.4 is 10.9 Å². The van der Waals surface area contributed by atoms with E-state index in [1.807, 2.05) is 31.2 Å². The van der Waals surface area contributed by atoms with Crippen molar-refractivity contribution in [2.75, 3.05) is 0 Å². The van der Waals surface area contributed by atoms with E-state index in [1.54, 1.807) is 16.9 Å². The monoisotopic (exact) mass is 466 g/mol. The Balaban J connectivity index is 1.56. The smallest absolute Gasteiger partial charge is 0.416 e. The molecule has 0 aliphatic heterocycles. The second-order valence-electron chi connectivity index (χ2n) is 8.91. The minimum absolute atomic E-state index is 0.0691. The van der Waals surface area contributed by atoms with Crippen LogP contribution in [0.1, 0.15) is 53.0 Å². The predicted molar refractivity (Wildman–Crippen MR) is 125 cm³/mol. The number of rotatable bonds is 6. The largest absolute Gasteiger partial charge is 0.468 e. The minimum atomic E-state index is -4.43. The number of alkyl halides is 3. The molecule has 1 aliphatic rings. The molecule has 176 valence electrons. The summed E-state index contributed by atoms with van der Waals surface area (Å²) in [4.78, 5) is 13.5. The van der Waals surface area contributed by atoms with Gasteiger partial charge in [-0.3, -0.25) is 4.79 Å². The van der Waals surface area contributed by atoms with Gasteiger partial charge in [-0.05, 0) is 90.7 Å². The summed E-state index contributed by atoms with van der Waals surface area (Å²) in [7, 11) is 0. The fraction of sp³-hybridized carbons (Fsp3) is 0.296. The normalized spacial score (nSPS) is 14.5. The maximum atomic E-state index is 13.5. The third kappa shape index (κ3) is 4.40. The molecular formula is C27H25F3N2O2. The van der Waals surface area contributed by atoms with Crippen molar-refractivity contribution in [1.29, 1.82) is 0 Å². The van der Waals surface area contributed by atoms with Crippen molar-refractivity contribution in [3.05, 3.63) is 105 Å². The molecular weight excluding hydrogens is 441 g/mol. The van der Waals surface area contributed by atoms with Crippen molar-refractivity contribution >= 4 is 10.9 Å². The third-order valence-electron chi connectivity index (χ3n) is 6.55. The number of nitrogens with zero attached hydrogens (tertiary/aromatic N) is 1. The topological polar surface area (TPSA) is 47.2 Å². The highest BCUT2D eigenvalue weighted by Gasteiger charge is 2.30. The van der Waals surface area contributed by atoms with Crippen LogP contribution in [0.5, 0.6) is 0 Å². The number of hydrogen-bond acceptors (Lipinski definition) is 3. The Bertz CT molecular complexity index is 1390. The van der Waals surface area contributed by atoms with Gasteiger partial charge >= 0.3 is 6.18 Å². The van der Waals surface area contributed by atoms with Crippen molar-refractivity contribution < 1.29 is 17.6 Å². The summed E-state index contributed by atoms with van der Waals surface area (Å²) in [5.41, 5.74) is 3.33. The van der Waals surface area contributed by atoms with Gasteiger partial charge < -0.3 is 14.3 Å². The molecule has 0 fully saturated rings. The molecule has 0 spiro atoms. The first kappa shape index (κ1) is 22.5. The Morgan fingerprint density at radius 3 is 2.59 bits per heavy atom. The number of fused-ring (bicyclic) bond motifs is 2. The first-order chi connectivity index (χ1) is 16.3. The van der Waals surface area contributed by atoms with E-state index in [0.717, 1.165) is 48.1 Å². The van der Waals surface area contributed by atoms with Gasteiger partial charge in [-0.2, -0.15) is 13.2 Å². The van der Waals surface area contributed by atoms with Gasteiger partial charge in [0.15, 0.2) is 0 Å². The molecule has 5 rings (SSSR count). The summed E-state index contributed by atoms with van der Waals surface area (Å²) < 4.78 is 46.8. The van der Waals surface area contributed by atoms with Crippen LogP contribution in [0.3, 0.4) is 0 Å². The van der Waals surface area contributed by atoms with Crippen molar-refractivity contribution in [3.8, 4) is 0 Å². The first-order valence-electron chi connectivity index (χ1n) is 11.4. The van der Waals surface area contributed by atoms with Gasteiger partial charge in [-0.25, -0.2) is 0 Å². The SMILES string of the molecule is C[C@@H](NCc1cc2cc3c(cc2n(Cc2cccc(C(F)(F)F)c2)c1=O)CCC3)c1ccco1. The van der Waals surface area contributed by atoms with Gasteiger partial charge in [-0.15, -0.1) is 0 Å². The minimum Gasteiger partial charge on any atom is -0.468 e. The van der Waals surface area contributed by atoms with Crippen molar-refractivity contribution in [2.24, 2.45) is 0 Å². The lowest BCUT2D eigenvalue weighted by Crippen LogP contribution is -2.29. The number of nitrogens with one attached hydrogen (secondary N) is 1. The molecule has 2 aromatic carbocycles. The lowest BCUT2D eigenvalue weighted by Gasteiger charge is -2.17. The summed E-state index contributed by atoms with van der Waals surface area (Å²) >= 11 is 0. The van der Waals surface area contributed by atoms with Crippen LogP contribution in [0.4, 0.5) is 13.2 Å². The van der Waals surface area contributed by atoms with Gasteiger partial charge in [-0.1, -0.05) is 12.1 Å². The second kappa shape index (κ2) is 8.80. The van der Waals surface area contributed by atoms with Crippen LogP contribution in [0.25, 0.3) is 10.9 Å². The van der Waals surface area contributed by atoms with E-state index in [4.69, 9.17) is 4.42 Å². The van der Waals surface area contributed by atoms with Crippen LogP contribution in [-0.2, 0) is 32.1 Å². The van der Waals surface area contributed by atoms with Gasteiger partial charge in [0.1, 0.15) is 5.76 Å². The molecule has 34 heavy (non-hydrogen) atoms. The second-order valence-corrected chi connectivity index (χ2v) is 8.91. The molecule has 0 saturated carbocycles. The van der Waals surface area contributed by atoms with E-state index >= 15 is 0 Å². The zero-order valence-electron chi connectivity index (χ0n) is 18.8. The molecule has 0 unspecified atom stereocenters. The summed E-state index contributed by atoms with van der Waals surface area (Å²) in [6.07, 6.45) is 0.191. The Hall–Kier alpha value is -3.32. The number of furan rings is 1. The van der Waals surface area contributed by atoms with E-state index in [1.165, 1.54) is 17.2 Å². The molecule has 0 amide bonds. The number of benzene rings is 2. The average Bonchev–Trinajstić information content (AvgIpc) is 3.50. The van der Waals surface area contributed by atoms with Crippen molar-refractivity contribution in [2.45, 2.75) is 51.5 Å². The van der Waals surface area contributed by atoms with Crippen LogP contribution in [0.15, 0.2) is 70.1 Å². The summed E-state index contributed by atoms with van der Waals surface area (Å²) in [5, 5.41) is 4.25. The molecule has 1 aliphatic carbocycles. The lowest BCUT2D eigenvalue weighted by atomic mass is 10.0. The fourth-order valence-corrected chi connectivity index (χ4v) is 4.73. The summed E-state index contributed by atoms with van der Waals surface area (Å²) in [6.45, 7) is 2.34. The van der Waals surface area contributed by atoms with Crippen molar-refractivity contribution in [1.82, 2.24) is 9.88 Å². The highest BCUT2D eigenvalue weighted by Crippen LogP contribution is 2.31. The third-order valence-corrected chi connectivity index (χ3v) is 6.55. The molecule has 0 radical (unpaired) electrons. The molecule has 0 saturated heterocycles. The lowest BCUT2D eigenvalue weighted by molar-refractivity contribution is -0.137. The zero-order chi connectivity index (χ0) is 23.9. The maximum absolute atomic E-state index is 13.5. The molecule has 1 atom stereocenters. The highest BCUT2D eigenvalue weighted by atomic mass is 19.4. The summed E-state index contributed by atoms with van der Waals surface area (Å²) in [5.74, 6) is 0.767. The molecule has 4 aromatic rings. The number of halogens is 3. The number of hydrogen-bond donors (Lipinski definition) is 1. The standard InChI is InChI=1S/C27H25F3N2O2/c1-17(25-9-4-10-34-25)31-15-22-13-21-12-19-6-3-7-20(19)14-24(21)32(26(22)33)16-18-5-2-8-23(11-18)27(28,29)30/h2,4-5,8-14,17,31H,3,6-7,15-16H2,1H3/t17-/m1/s1. The Morgan fingerprint density at radius 1 is 1.06 bits per heavy atom. The summed E-state index contributed by atoms with van der Waals surface area (Å²) in [6, 6.07) is 14.8. The Morgan fingerprint density at radius 2 is 1.85 bits per heavy atom. The Kier molecular flexibility index (Phi) is 5.81. The zero-order valence-corrected chi connectivity index (χ0v) is 18.8. The highest BCUT2D eigenvalue weighted by molar-refractivity contribution is 5.82. The Labute approximate surface area is 195 Å². The van der Waals surface area contributed by atoms with Crippen LogP contribution in [-0.4, -0.2) is 4.57 Å². The molecule has 2 aromatic heterocycles. The predicted octanol–water partition coefficient (Wildman–Crippen LogP) is 6.00. The van der Waals surface area contributed by atoms with Gasteiger partial charge in [0.05, 0.1) is 29.9 Å². The van der Waals surface area contributed by atoms with Crippen LogP contribution in [0.2, 0.25) is 0 Å². The number of aryl methyl sites for hydroxylation is 2. The number of pyridine rings is 1. The van der Waals surface area contributed by atoms with E-state index < -0.39 is 11.7 Å². The van der Waals surface area contributed by atoms with E-state index in [2.05, 4.69) is 11.4 Å². The van der Waals surface area contributed by atoms with Gasteiger partial charge in [0, 0.05) is 12.1 Å². The van der Waals surface area contributed by atoms with E-state index in [0.29, 0.717) is 17.7 Å². The molecule has 0 bridgehead atoms. The average molecular weight is 467 g/mol. The molecule has 2 heterocycles. The van der Waals surface area contributed by atoms with Gasteiger partial charge in [0.25, 0.3) is 5.56 Å². The molecule has 1 N–H and O–H groups in total. The van der Waals surface area contributed by atoms with Crippen molar-refractivity contribution in [3.63, 3.8) is 0 Å². The molecule has 7 heteroatoms. The van der Waals surface area contributed by atoms with Gasteiger partial charge in [0.2, 0.25) is 0 Å². The van der Waals surface area contributed by atoms with Crippen LogP contribution >= 0.6 is 0 Å². The quantitative estimate of drug-likeness (QED) is 0.379.